The molecule has 2 saturated heterocycles. The number of anilines is 1. The number of carbonyl (C=O) groups is 3. The topological polar surface area (TPSA) is 156 Å². The highest BCUT2D eigenvalue weighted by molar-refractivity contribution is 7.91. The molecule has 5 atom stereocenters. The van der Waals surface area contributed by atoms with Crippen LogP contribution in [0, 0.1) is 5.92 Å². The van der Waals surface area contributed by atoms with Gasteiger partial charge in [-0.2, -0.15) is 0 Å². The minimum Gasteiger partial charge on any atom is -0.497 e. The summed E-state index contributed by atoms with van der Waals surface area (Å²) in [7, 11) is -2.33. The van der Waals surface area contributed by atoms with Crippen LogP contribution in [0.5, 0.6) is 11.6 Å². The van der Waals surface area contributed by atoms with Crippen LogP contribution in [0.4, 0.5) is 5.69 Å². The van der Waals surface area contributed by atoms with E-state index in [0.717, 1.165) is 48.6 Å². The van der Waals surface area contributed by atoms with Crippen molar-refractivity contribution in [3.8, 4) is 11.6 Å². The van der Waals surface area contributed by atoms with Crippen molar-refractivity contribution < 1.29 is 32.3 Å². The van der Waals surface area contributed by atoms with Crippen LogP contribution in [0.15, 0.2) is 60.8 Å². The van der Waals surface area contributed by atoms with Gasteiger partial charge in [-0.1, -0.05) is 56.4 Å². The van der Waals surface area contributed by atoms with Gasteiger partial charge in [-0.3, -0.25) is 19.1 Å². The molecule has 272 valence electrons. The summed E-state index contributed by atoms with van der Waals surface area (Å²) in [6.45, 7) is 1.76. The lowest BCUT2D eigenvalue weighted by Gasteiger charge is -2.30. The maximum Gasteiger partial charge on any atom is 0.259 e. The Hall–Kier alpha value is -4.39. The lowest BCUT2D eigenvalue weighted by Crippen LogP contribution is -2.58. The van der Waals surface area contributed by atoms with Crippen molar-refractivity contribution >= 4 is 44.2 Å². The fraction of sp³-hybridized carbons (Fsp3) is 0.526. The Morgan fingerprint density at radius 1 is 1.00 bits per heavy atom. The summed E-state index contributed by atoms with van der Waals surface area (Å²) in [4.78, 5) is 48.9. The molecule has 2 aromatic carbocycles. The second-order valence-electron chi connectivity index (χ2n) is 14.8. The Morgan fingerprint density at radius 3 is 2.55 bits per heavy atom. The van der Waals surface area contributed by atoms with Gasteiger partial charge in [0, 0.05) is 29.8 Å². The number of methoxy groups -OCH3 is 1. The zero-order valence-electron chi connectivity index (χ0n) is 29.2. The van der Waals surface area contributed by atoms with Gasteiger partial charge in [-0.15, -0.1) is 0 Å². The van der Waals surface area contributed by atoms with E-state index in [1.807, 2.05) is 54.6 Å². The van der Waals surface area contributed by atoms with Gasteiger partial charge in [-0.25, -0.2) is 13.4 Å². The number of rotatable bonds is 8. The number of aromatic nitrogens is 1. The molecule has 3 amide bonds. The molecule has 0 bridgehead atoms. The van der Waals surface area contributed by atoms with Crippen LogP contribution in [0.3, 0.4) is 0 Å². The Bertz CT molecular complexity index is 1910. The van der Waals surface area contributed by atoms with E-state index in [9.17, 15) is 22.8 Å². The molecular formula is C38H47N5O7S. The van der Waals surface area contributed by atoms with E-state index in [1.165, 1.54) is 0 Å². The predicted molar refractivity (Wildman–Crippen MR) is 193 cm³/mol. The average Bonchev–Trinajstić information content (AvgIpc) is 4.00. The van der Waals surface area contributed by atoms with Crippen LogP contribution in [0.25, 0.3) is 10.8 Å². The summed E-state index contributed by atoms with van der Waals surface area (Å²) in [6, 6.07) is 15.4. The molecule has 51 heavy (non-hydrogen) atoms. The van der Waals surface area contributed by atoms with Crippen molar-refractivity contribution in [2.24, 2.45) is 5.92 Å². The first-order valence-corrected chi connectivity index (χ1v) is 19.6. The zero-order valence-corrected chi connectivity index (χ0v) is 30.0. The first-order valence-electron chi connectivity index (χ1n) is 18.1. The third-order valence-corrected chi connectivity index (χ3v) is 13.4. The number of fused-ring (bicyclic) bond motifs is 3. The maximum absolute atomic E-state index is 14.6. The summed E-state index contributed by atoms with van der Waals surface area (Å²) in [5.41, 5.74) is -0.640. The van der Waals surface area contributed by atoms with E-state index in [0.29, 0.717) is 43.7 Å². The summed E-state index contributed by atoms with van der Waals surface area (Å²) < 4.78 is 39.5. The van der Waals surface area contributed by atoms with Gasteiger partial charge in [0.25, 0.3) is 5.91 Å². The van der Waals surface area contributed by atoms with Crippen molar-refractivity contribution in [2.75, 3.05) is 19.0 Å². The maximum atomic E-state index is 14.6. The van der Waals surface area contributed by atoms with Crippen LogP contribution < -0.4 is 24.8 Å². The molecule has 4 fully saturated rings. The highest BCUT2D eigenvalue weighted by Crippen LogP contribution is 2.49. The molecule has 12 nitrogen and oxygen atoms in total. The molecule has 4 aliphatic rings. The number of nitrogens with one attached hydrogen (secondary N) is 3. The van der Waals surface area contributed by atoms with Gasteiger partial charge < -0.3 is 25.0 Å². The molecule has 1 aromatic heterocycles. The first kappa shape index (κ1) is 35.0. The molecule has 2 saturated carbocycles. The standard InChI is InChI=1S/C38H47N5O7S/c1-37(18-19-37)51(47,48)42-36(46)38-23-26(38)12-6-4-3-5-7-16-31(40-27-13-10-14-28(21-27)49-2)35(45)43-24-29(22-32(43)33(44)41-38)50-34-30-15-9-8-11-25(30)17-20-39-34/h8-11,13-15,17,20-21,26,29,31-32,40H,3-7,12,16,18-19,22-24H2,1-2H3,(H,41,44)(H,42,46)/t26-,29-,31+,32+,38-/m1/s1. The molecule has 0 radical (unpaired) electrons. The monoisotopic (exact) mass is 717 g/mol. The minimum atomic E-state index is -3.92. The largest absolute Gasteiger partial charge is 0.497 e. The molecule has 13 heteroatoms. The first-order chi connectivity index (χ1) is 24.5. The fourth-order valence-electron chi connectivity index (χ4n) is 7.61. The number of pyridine rings is 1. The summed E-state index contributed by atoms with van der Waals surface area (Å²) in [5.74, 6) is -0.577. The van der Waals surface area contributed by atoms with Crippen LogP contribution >= 0.6 is 0 Å². The smallest absolute Gasteiger partial charge is 0.259 e. The summed E-state index contributed by atoms with van der Waals surface area (Å²) in [5, 5.41) is 8.19. The van der Waals surface area contributed by atoms with Crippen LogP contribution in [0.1, 0.15) is 77.6 Å². The zero-order chi connectivity index (χ0) is 35.8. The van der Waals surface area contributed by atoms with E-state index < -0.39 is 50.3 Å². The average molecular weight is 718 g/mol. The Labute approximate surface area is 299 Å². The number of hydrogen-bond acceptors (Lipinski definition) is 9. The number of amides is 3. The van der Waals surface area contributed by atoms with Crippen LogP contribution in [-0.2, 0) is 24.4 Å². The third kappa shape index (κ3) is 7.22. The highest BCUT2D eigenvalue weighted by Gasteiger charge is 2.63. The van der Waals surface area contributed by atoms with E-state index in [-0.39, 0.29) is 24.8 Å². The number of carbonyl (C=O) groups excluding carboxylic acids is 3. The van der Waals surface area contributed by atoms with Gasteiger partial charge in [0.05, 0.1) is 18.4 Å². The molecule has 3 N–H and O–H groups in total. The number of sulfonamides is 1. The van der Waals surface area contributed by atoms with Gasteiger partial charge in [0.15, 0.2) is 0 Å². The lowest BCUT2D eigenvalue weighted by molar-refractivity contribution is -0.140. The van der Waals surface area contributed by atoms with Crippen LogP contribution in [0.2, 0.25) is 0 Å². The number of hydrogen-bond donors (Lipinski definition) is 3. The Balaban J connectivity index is 1.19. The SMILES string of the molecule is COc1cccc(N[C@H]2CCCCCCC[C@@H]3C[C@@]3(C(=O)NS(=O)(=O)C3(C)CC3)NC(=O)[C@@H]3C[C@@H](Oc4nccc5ccccc45)CN3C2=O)c1. The lowest BCUT2D eigenvalue weighted by atomic mass is 10.0. The molecular weight excluding hydrogens is 671 g/mol. The molecule has 2 aliphatic heterocycles. The normalized spacial score (nSPS) is 27.9. The highest BCUT2D eigenvalue weighted by atomic mass is 32.2. The molecule has 0 unspecified atom stereocenters. The molecule has 7 rings (SSSR count). The van der Waals surface area contributed by atoms with E-state index in [4.69, 9.17) is 9.47 Å². The Kier molecular flexibility index (Phi) is 9.59. The summed E-state index contributed by atoms with van der Waals surface area (Å²) >= 11 is 0. The molecule has 2 aliphatic carbocycles. The van der Waals surface area contributed by atoms with E-state index in [1.54, 1.807) is 25.1 Å². The number of ether oxygens (including phenoxy) is 2. The second-order valence-corrected chi connectivity index (χ2v) is 17.0. The predicted octanol–water partition coefficient (Wildman–Crippen LogP) is 4.69. The molecule has 3 aromatic rings. The fourth-order valence-corrected chi connectivity index (χ4v) is 8.92. The summed E-state index contributed by atoms with van der Waals surface area (Å²) in [6.07, 6.45) is 8.34. The van der Waals surface area contributed by atoms with Gasteiger partial charge in [0.1, 0.15) is 29.5 Å². The van der Waals surface area contributed by atoms with Gasteiger partial charge in [-0.05, 0) is 74.6 Å². The van der Waals surface area contributed by atoms with Crippen molar-refractivity contribution in [1.82, 2.24) is 19.9 Å². The third-order valence-electron chi connectivity index (χ3n) is 11.2. The van der Waals surface area contributed by atoms with Crippen molar-refractivity contribution in [3.63, 3.8) is 0 Å². The van der Waals surface area contributed by atoms with Crippen molar-refractivity contribution in [3.05, 3.63) is 60.8 Å². The molecule has 0 spiro atoms. The van der Waals surface area contributed by atoms with Crippen LogP contribution in [-0.4, -0.2) is 78.2 Å². The van der Waals surface area contributed by atoms with E-state index >= 15 is 0 Å². The second kappa shape index (κ2) is 14.0. The van der Waals surface area contributed by atoms with E-state index in [2.05, 4.69) is 20.3 Å². The Morgan fingerprint density at radius 2 is 1.76 bits per heavy atom. The quantitative estimate of drug-likeness (QED) is 0.301. The van der Waals surface area contributed by atoms with Crippen molar-refractivity contribution in [1.29, 1.82) is 0 Å². The number of benzene rings is 2. The van der Waals surface area contributed by atoms with Crippen molar-refractivity contribution in [2.45, 2.75) is 106 Å². The van der Waals surface area contributed by atoms with Gasteiger partial charge in [0.2, 0.25) is 27.7 Å². The number of nitrogens with zero attached hydrogens (tertiary/aromatic N) is 2. The minimum absolute atomic E-state index is 0.132. The van der Waals surface area contributed by atoms with Gasteiger partial charge >= 0.3 is 0 Å². The molecule has 3 heterocycles.